The van der Waals surface area contributed by atoms with E-state index >= 15 is 0 Å². The highest BCUT2D eigenvalue weighted by molar-refractivity contribution is 5.94. The van der Waals surface area contributed by atoms with E-state index in [-0.39, 0.29) is 5.91 Å². The highest BCUT2D eigenvalue weighted by Gasteiger charge is 2.17. The normalized spacial score (nSPS) is 10.8. The van der Waals surface area contributed by atoms with Gasteiger partial charge in [0.2, 0.25) is 0 Å². The SMILES string of the molecule is CCc1nc2ccccn2c1C(=O)NCc1ccco1. The van der Waals surface area contributed by atoms with Crippen molar-refractivity contribution in [2.75, 3.05) is 0 Å². The number of rotatable bonds is 4. The molecule has 0 saturated carbocycles. The van der Waals surface area contributed by atoms with Crippen LogP contribution in [0.5, 0.6) is 0 Å². The molecule has 3 aromatic heterocycles. The van der Waals surface area contributed by atoms with Crippen molar-refractivity contribution in [2.24, 2.45) is 0 Å². The number of aryl methyl sites for hydroxylation is 1. The molecule has 3 aromatic rings. The summed E-state index contributed by atoms with van der Waals surface area (Å²) in [5.74, 6) is 0.585. The molecule has 0 spiro atoms. The molecule has 102 valence electrons. The van der Waals surface area contributed by atoms with Crippen molar-refractivity contribution in [1.29, 1.82) is 0 Å². The Bertz CT molecular complexity index is 729. The summed E-state index contributed by atoms with van der Waals surface area (Å²) in [4.78, 5) is 16.9. The number of amides is 1. The Morgan fingerprint density at radius 3 is 3.00 bits per heavy atom. The highest BCUT2D eigenvalue weighted by Crippen LogP contribution is 2.13. The monoisotopic (exact) mass is 269 g/mol. The van der Waals surface area contributed by atoms with Crippen LogP contribution in [0.3, 0.4) is 0 Å². The van der Waals surface area contributed by atoms with Crippen molar-refractivity contribution in [2.45, 2.75) is 19.9 Å². The summed E-state index contributed by atoms with van der Waals surface area (Å²) >= 11 is 0. The zero-order chi connectivity index (χ0) is 13.9. The summed E-state index contributed by atoms with van der Waals surface area (Å²) in [5, 5.41) is 2.86. The van der Waals surface area contributed by atoms with Gasteiger partial charge in [-0.2, -0.15) is 0 Å². The molecule has 1 N–H and O–H groups in total. The number of carbonyl (C=O) groups excluding carboxylic acids is 1. The Hall–Kier alpha value is -2.56. The maximum absolute atomic E-state index is 12.4. The van der Waals surface area contributed by atoms with Gasteiger partial charge in [-0.3, -0.25) is 9.20 Å². The maximum Gasteiger partial charge on any atom is 0.270 e. The van der Waals surface area contributed by atoms with Crippen LogP contribution in [0, 0.1) is 0 Å². The molecule has 3 heterocycles. The minimum absolute atomic E-state index is 0.142. The number of furan rings is 1. The quantitative estimate of drug-likeness (QED) is 0.791. The minimum Gasteiger partial charge on any atom is -0.467 e. The van der Waals surface area contributed by atoms with Crippen LogP contribution in [0.4, 0.5) is 0 Å². The number of carbonyl (C=O) groups is 1. The van der Waals surface area contributed by atoms with Crippen molar-refractivity contribution in [3.8, 4) is 0 Å². The van der Waals surface area contributed by atoms with E-state index in [1.165, 1.54) is 0 Å². The number of aromatic nitrogens is 2. The molecule has 0 radical (unpaired) electrons. The molecule has 0 aromatic carbocycles. The summed E-state index contributed by atoms with van der Waals surface area (Å²) in [7, 11) is 0. The van der Waals surface area contributed by atoms with Gasteiger partial charge in [0.15, 0.2) is 0 Å². The number of pyridine rings is 1. The number of nitrogens with zero attached hydrogens (tertiary/aromatic N) is 2. The molecule has 5 nitrogen and oxygen atoms in total. The van der Waals surface area contributed by atoms with Gasteiger partial charge < -0.3 is 9.73 Å². The Morgan fingerprint density at radius 1 is 1.35 bits per heavy atom. The van der Waals surface area contributed by atoms with Crippen LogP contribution in [0.15, 0.2) is 47.2 Å². The van der Waals surface area contributed by atoms with Crippen LogP contribution in [-0.2, 0) is 13.0 Å². The summed E-state index contributed by atoms with van der Waals surface area (Å²) in [5.41, 5.74) is 2.18. The van der Waals surface area contributed by atoms with Gasteiger partial charge in [0.25, 0.3) is 5.91 Å². The Labute approximate surface area is 116 Å². The van der Waals surface area contributed by atoms with Crippen LogP contribution in [0.2, 0.25) is 0 Å². The first-order valence-corrected chi connectivity index (χ1v) is 6.56. The summed E-state index contributed by atoms with van der Waals surface area (Å²) in [6.07, 6.45) is 4.15. The molecule has 0 fully saturated rings. The van der Waals surface area contributed by atoms with Crippen LogP contribution in [-0.4, -0.2) is 15.3 Å². The standard InChI is InChI=1S/C15H15N3O2/c1-2-12-14(18-8-4-3-7-13(18)17-12)15(19)16-10-11-6-5-9-20-11/h3-9H,2,10H2,1H3,(H,16,19). The molecule has 1 amide bonds. The van der Waals surface area contributed by atoms with Crippen molar-refractivity contribution < 1.29 is 9.21 Å². The first-order chi connectivity index (χ1) is 9.79. The van der Waals surface area contributed by atoms with Gasteiger partial charge in [-0.15, -0.1) is 0 Å². The van der Waals surface area contributed by atoms with Gasteiger partial charge in [-0.1, -0.05) is 13.0 Å². The fourth-order valence-corrected chi connectivity index (χ4v) is 2.20. The first-order valence-electron chi connectivity index (χ1n) is 6.56. The molecule has 0 aliphatic rings. The Kier molecular flexibility index (Phi) is 3.25. The van der Waals surface area contributed by atoms with E-state index in [4.69, 9.17) is 4.42 Å². The van der Waals surface area contributed by atoms with Crippen molar-refractivity contribution in [1.82, 2.24) is 14.7 Å². The predicted molar refractivity (Wildman–Crippen MR) is 74.4 cm³/mol. The average molecular weight is 269 g/mol. The van der Waals surface area contributed by atoms with E-state index in [0.717, 1.165) is 17.1 Å². The molecule has 0 saturated heterocycles. The van der Waals surface area contributed by atoms with E-state index in [1.807, 2.05) is 41.8 Å². The van der Waals surface area contributed by atoms with Gasteiger partial charge in [0.1, 0.15) is 17.1 Å². The topological polar surface area (TPSA) is 59.5 Å². The van der Waals surface area contributed by atoms with Gasteiger partial charge in [-0.05, 0) is 30.7 Å². The molecular weight excluding hydrogens is 254 g/mol. The third kappa shape index (κ3) is 2.18. The van der Waals surface area contributed by atoms with E-state index in [2.05, 4.69) is 10.3 Å². The number of imidazole rings is 1. The van der Waals surface area contributed by atoms with E-state index < -0.39 is 0 Å². The van der Waals surface area contributed by atoms with Crippen molar-refractivity contribution in [3.05, 3.63) is 59.9 Å². The second kappa shape index (κ2) is 5.21. The zero-order valence-corrected chi connectivity index (χ0v) is 11.2. The van der Waals surface area contributed by atoms with E-state index in [9.17, 15) is 4.79 Å². The first kappa shape index (κ1) is 12.5. The van der Waals surface area contributed by atoms with Gasteiger partial charge >= 0.3 is 0 Å². The van der Waals surface area contributed by atoms with Gasteiger partial charge in [0, 0.05) is 6.20 Å². The molecular formula is C15H15N3O2. The number of hydrogen-bond donors (Lipinski definition) is 1. The van der Waals surface area contributed by atoms with E-state index in [1.54, 1.807) is 12.3 Å². The molecule has 0 bridgehead atoms. The zero-order valence-electron chi connectivity index (χ0n) is 11.2. The third-order valence-corrected chi connectivity index (χ3v) is 3.16. The smallest absolute Gasteiger partial charge is 0.270 e. The lowest BCUT2D eigenvalue weighted by atomic mass is 10.2. The maximum atomic E-state index is 12.4. The number of nitrogens with one attached hydrogen (secondary N) is 1. The highest BCUT2D eigenvalue weighted by atomic mass is 16.3. The predicted octanol–water partition coefficient (Wildman–Crippen LogP) is 2.42. The van der Waals surface area contributed by atoms with E-state index in [0.29, 0.717) is 18.7 Å². The molecule has 0 aliphatic heterocycles. The van der Waals surface area contributed by atoms with Crippen LogP contribution >= 0.6 is 0 Å². The fraction of sp³-hybridized carbons (Fsp3) is 0.200. The molecule has 5 heteroatoms. The van der Waals surface area contributed by atoms with Gasteiger partial charge in [0.05, 0.1) is 18.5 Å². The largest absolute Gasteiger partial charge is 0.467 e. The van der Waals surface area contributed by atoms with Crippen molar-refractivity contribution >= 4 is 11.6 Å². The number of hydrogen-bond acceptors (Lipinski definition) is 3. The average Bonchev–Trinajstić information content (AvgIpc) is 3.11. The van der Waals surface area contributed by atoms with Gasteiger partial charge in [-0.25, -0.2) is 4.98 Å². The third-order valence-electron chi connectivity index (χ3n) is 3.16. The molecule has 0 atom stereocenters. The molecule has 20 heavy (non-hydrogen) atoms. The summed E-state index contributed by atoms with van der Waals surface area (Å²) in [6, 6.07) is 9.31. The Morgan fingerprint density at radius 2 is 2.25 bits per heavy atom. The second-order valence-corrected chi connectivity index (χ2v) is 4.45. The number of fused-ring (bicyclic) bond motifs is 1. The fourth-order valence-electron chi connectivity index (χ4n) is 2.20. The summed E-state index contributed by atoms with van der Waals surface area (Å²) in [6.45, 7) is 2.36. The summed E-state index contributed by atoms with van der Waals surface area (Å²) < 4.78 is 7.02. The van der Waals surface area contributed by atoms with Crippen molar-refractivity contribution in [3.63, 3.8) is 0 Å². The lowest BCUT2D eigenvalue weighted by Crippen LogP contribution is -2.25. The van der Waals surface area contributed by atoms with Crippen LogP contribution in [0.25, 0.3) is 5.65 Å². The lowest BCUT2D eigenvalue weighted by molar-refractivity contribution is 0.0941. The lowest BCUT2D eigenvalue weighted by Gasteiger charge is -2.05. The molecule has 0 unspecified atom stereocenters. The molecule has 0 aliphatic carbocycles. The Balaban J connectivity index is 1.90. The van der Waals surface area contributed by atoms with Crippen LogP contribution in [0.1, 0.15) is 28.9 Å². The second-order valence-electron chi connectivity index (χ2n) is 4.45. The minimum atomic E-state index is -0.142. The molecule has 3 rings (SSSR count). The van der Waals surface area contributed by atoms with Crippen LogP contribution < -0.4 is 5.32 Å².